The summed E-state index contributed by atoms with van der Waals surface area (Å²) in [6.45, 7) is 7.14. The molecule has 0 nitrogen and oxygen atoms in total. The molecule has 0 fully saturated rings. The van der Waals surface area contributed by atoms with E-state index in [1.165, 1.54) is 12.8 Å². The summed E-state index contributed by atoms with van der Waals surface area (Å²) in [6, 6.07) is 0. The Balaban J connectivity index is 2.25. The van der Waals surface area contributed by atoms with Gasteiger partial charge in [-0.15, -0.1) is 0 Å². The molecule has 0 aromatic carbocycles. The molecule has 0 heterocycles. The van der Waals surface area contributed by atoms with Crippen molar-refractivity contribution in [2.24, 2.45) is 0 Å². The van der Waals surface area contributed by atoms with E-state index < -0.39 is 0 Å². The van der Waals surface area contributed by atoms with Crippen LogP contribution in [0.25, 0.3) is 0 Å². The first kappa shape index (κ1) is 11.0. The summed E-state index contributed by atoms with van der Waals surface area (Å²) in [5.74, 6) is 0. The second kappa shape index (κ2) is 4.15. The van der Waals surface area contributed by atoms with Crippen LogP contribution in [0, 0.1) is 0 Å². The molecule has 83 valence electrons. The van der Waals surface area contributed by atoms with E-state index in [1.807, 2.05) is 0 Å². The number of hydrogen-bond donors (Lipinski definition) is 0. The molecule has 0 amide bonds. The van der Waals surface area contributed by atoms with Gasteiger partial charge < -0.3 is 0 Å². The van der Waals surface area contributed by atoms with Crippen LogP contribution < -0.4 is 0 Å². The van der Waals surface area contributed by atoms with Crippen LogP contribution in [0.15, 0.2) is 45.4 Å². The summed E-state index contributed by atoms with van der Waals surface area (Å²) in [6.07, 6.45) is 16.0. The molecule has 0 saturated heterocycles. The monoisotopic (exact) mass is 243 g/mol. The minimum absolute atomic E-state index is 0.313. The van der Waals surface area contributed by atoms with Crippen molar-refractivity contribution in [1.82, 2.24) is 0 Å². The fourth-order valence-corrected chi connectivity index (χ4v) is 5.80. The molecule has 0 spiro atoms. The van der Waals surface area contributed by atoms with E-state index in [1.54, 1.807) is 8.94 Å². The number of allylic oxidation sites excluding steroid dienone is 8. The summed E-state index contributed by atoms with van der Waals surface area (Å²) in [4.78, 5) is 0. The maximum absolute atomic E-state index is 2.38. The van der Waals surface area contributed by atoms with Gasteiger partial charge >= 0.3 is 97.2 Å². The first-order valence-corrected chi connectivity index (χ1v) is 7.12. The fourth-order valence-electron chi connectivity index (χ4n) is 1.92. The standard InChI is InChI=1S/2C5H5.C4H9.Fe/c2*1-2-4-5-3-1;1-4(2)3;/h2*1-3H,4H2;1-3H3;. The van der Waals surface area contributed by atoms with Crippen LogP contribution in [0.2, 0.25) is 4.31 Å². The van der Waals surface area contributed by atoms with Crippen molar-refractivity contribution >= 4 is 0 Å². The zero-order valence-electron chi connectivity index (χ0n) is 9.73. The van der Waals surface area contributed by atoms with Gasteiger partial charge in [0.25, 0.3) is 0 Å². The van der Waals surface area contributed by atoms with Gasteiger partial charge in [-0.2, -0.15) is 0 Å². The molecular formula is C14H19Fe. The molecule has 0 radical (unpaired) electrons. The zero-order valence-corrected chi connectivity index (χ0v) is 10.8. The van der Waals surface area contributed by atoms with Crippen molar-refractivity contribution in [3.05, 3.63) is 45.4 Å². The van der Waals surface area contributed by atoms with Gasteiger partial charge in [0.1, 0.15) is 0 Å². The third-order valence-electron chi connectivity index (χ3n) is 2.42. The fraction of sp³-hybridized carbons (Fsp3) is 0.429. The van der Waals surface area contributed by atoms with Crippen molar-refractivity contribution in [3.8, 4) is 0 Å². The quantitative estimate of drug-likeness (QED) is 0.626. The van der Waals surface area contributed by atoms with Crippen LogP contribution in [-0.2, 0) is 13.9 Å². The molecular weight excluding hydrogens is 224 g/mol. The predicted molar refractivity (Wildman–Crippen MR) is 63.4 cm³/mol. The van der Waals surface area contributed by atoms with Gasteiger partial charge in [-0.1, -0.05) is 0 Å². The van der Waals surface area contributed by atoms with Gasteiger partial charge in [0.2, 0.25) is 0 Å². The summed E-state index contributed by atoms with van der Waals surface area (Å²) in [5, 5.41) is 0. The van der Waals surface area contributed by atoms with E-state index in [0.717, 1.165) is 0 Å². The van der Waals surface area contributed by atoms with Gasteiger partial charge in [0.15, 0.2) is 0 Å². The number of hydrogen-bond acceptors (Lipinski definition) is 0. The topological polar surface area (TPSA) is 0 Å². The molecule has 0 atom stereocenters. The molecule has 0 aromatic rings. The normalized spacial score (nSPS) is 20.6. The molecule has 0 bridgehead atoms. The Morgan fingerprint density at radius 3 is 1.67 bits per heavy atom. The zero-order chi connectivity index (χ0) is 10.9. The second-order valence-corrected chi connectivity index (χ2v) is 8.66. The Kier molecular flexibility index (Phi) is 3.04. The van der Waals surface area contributed by atoms with E-state index in [2.05, 4.69) is 57.2 Å². The van der Waals surface area contributed by atoms with E-state index in [0.29, 0.717) is 4.31 Å². The Labute approximate surface area is 97.3 Å². The summed E-state index contributed by atoms with van der Waals surface area (Å²) in [5.41, 5.74) is 0. The third-order valence-corrected chi connectivity index (χ3v) is 6.31. The summed E-state index contributed by atoms with van der Waals surface area (Å²) in [7, 11) is 0. The van der Waals surface area contributed by atoms with Crippen LogP contribution in [0.3, 0.4) is 0 Å². The van der Waals surface area contributed by atoms with Crippen LogP contribution >= 0.6 is 0 Å². The van der Waals surface area contributed by atoms with Crippen LogP contribution in [0.1, 0.15) is 33.6 Å². The molecule has 2 rings (SSSR count). The first-order chi connectivity index (χ1) is 7.09. The Morgan fingerprint density at radius 2 is 1.40 bits per heavy atom. The predicted octanol–water partition coefficient (Wildman–Crippen LogP) is 4.51. The van der Waals surface area contributed by atoms with Gasteiger partial charge in [-0.05, 0) is 0 Å². The molecule has 15 heavy (non-hydrogen) atoms. The van der Waals surface area contributed by atoms with Crippen molar-refractivity contribution in [3.63, 3.8) is 0 Å². The SMILES string of the molecule is C[C](C)(C)[Fe]([C]1=CC=CC1)[C]1=CC=CC1. The summed E-state index contributed by atoms with van der Waals surface area (Å²) < 4.78 is 3.74. The molecule has 0 N–H and O–H groups in total. The molecule has 2 aliphatic rings. The Bertz CT molecular complexity index is 331. The second-order valence-electron chi connectivity index (χ2n) is 4.76. The first-order valence-electron chi connectivity index (χ1n) is 5.46. The average molecular weight is 243 g/mol. The van der Waals surface area contributed by atoms with Crippen molar-refractivity contribution in [2.45, 2.75) is 37.9 Å². The Morgan fingerprint density at radius 1 is 0.933 bits per heavy atom. The molecule has 0 aromatic heterocycles. The molecule has 0 saturated carbocycles. The van der Waals surface area contributed by atoms with E-state index in [4.69, 9.17) is 0 Å². The third kappa shape index (κ3) is 2.35. The van der Waals surface area contributed by atoms with Crippen LogP contribution in [0.5, 0.6) is 0 Å². The van der Waals surface area contributed by atoms with E-state index in [9.17, 15) is 0 Å². The molecule has 1 heteroatoms. The molecule has 2 aliphatic carbocycles. The molecule has 0 unspecified atom stereocenters. The minimum atomic E-state index is -0.313. The van der Waals surface area contributed by atoms with Gasteiger partial charge in [0, 0.05) is 0 Å². The Hall–Kier alpha value is -0.521. The van der Waals surface area contributed by atoms with E-state index >= 15 is 0 Å². The van der Waals surface area contributed by atoms with Crippen molar-refractivity contribution < 1.29 is 13.9 Å². The van der Waals surface area contributed by atoms with Crippen LogP contribution in [0.4, 0.5) is 0 Å². The van der Waals surface area contributed by atoms with Crippen molar-refractivity contribution in [1.29, 1.82) is 0 Å². The van der Waals surface area contributed by atoms with Gasteiger partial charge in [0.05, 0.1) is 0 Å². The van der Waals surface area contributed by atoms with Crippen LogP contribution in [-0.4, -0.2) is 0 Å². The number of rotatable bonds is 2. The van der Waals surface area contributed by atoms with Crippen molar-refractivity contribution in [2.75, 3.05) is 0 Å². The van der Waals surface area contributed by atoms with E-state index in [-0.39, 0.29) is 13.9 Å². The summed E-state index contributed by atoms with van der Waals surface area (Å²) >= 11 is -0.313. The maximum atomic E-state index is 2.38. The molecule has 0 aliphatic heterocycles. The van der Waals surface area contributed by atoms with Gasteiger partial charge in [-0.3, -0.25) is 0 Å². The average Bonchev–Trinajstić information content (AvgIpc) is 2.73. The van der Waals surface area contributed by atoms with Gasteiger partial charge in [-0.25, -0.2) is 0 Å².